The molecule has 0 aliphatic rings. The molecule has 3 nitrogen and oxygen atoms in total. The SMILES string of the molecule is c1cc(-c2cn3ccccc3n2)c2[nH]ccc2c1. The molecule has 0 saturated heterocycles. The van der Waals surface area contributed by atoms with Crippen LogP contribution < -0.4 is 0 Å². The van der Waals surface area contributed by atoms with Crippen LogP contribution in [0.3, 0.4) is 0 Å². The van der Waals surface area contributed by atoms with E-state index >= 15 is 0 Å². The predicted octanol–water partition coefficient (Wildman–Crippen LogP) is 3.48. The van der Waals surface area contributed by atoms with Crippen molar-refractivity contribution in [2.45, 2.75) is 0 Å². The van der Waals surface area contributed by atoms with E-state index in [1.54, 1.807) is 0 Å². The van der Waals surface area contributed by atoms with Gasteiger partial charge < -0.3 is 9.38 Å². The number of aromatic amines is 1. The Morgan fingerprint density at radius 2 is 2.00 bits per heavy atom. The molecule has 1 aromatic carbocycles. The first kappa shape index (κ1) is 9.48. The predicted molar refractivity (Wildman–Crippen MR) is 72.5 cm³/mol. The van der Waals surface area contributed by atoms with Crippen LogP contribution in [0.15, 0.2) is 61.1 Å². The van der Waals surface area contributed by atoms with Crippen molar-refractivity contribution in [3.05, 3.63) is 61.1 Å². The average molecular weight is 233 g/mol. The van der Waals surface area contributed by atoms with Gasteiger partial charge in [-0.3, -0.25) is 0 Å². The number of nitrogens with one attached hydrogen (secondary N) is 1. The molecule has 4 aromatic rings. The lowest BCUT2D eigenvalue weighted by Gasteiger charge is -1.98. The lowest BCUT2D eigenvalue weighted by atomic mass is 10.1. The van der Waals surface area contributed by atoms with E-state index in [4.69, 9.17) is 0 Å². The van der Waals surface area contributed by atoms with E-state index in [1.165, 1.54) is 5.39 Å². The maximum absolute atomic E-state index is 4.66. The second-order valence-corrected chi connectivity index (χ2v) is 4.34. The Bertz CT molecular complexity index is 806. The summed E-state index contributed by atoms with van der Waals surface area (Å²) in [5.74, 6) is 0. The summed E-state index contributed by atoms with van der Waals surface area (Å²) in [6.07, 6.45) is 6.04. The van der Waals surface area contributed by atoms with Gasteiger partial charge >= 0.3 is 0 Å². The summed E-state index contributed by atoms with van der Waals surface area (Å²) < 4.78 is 2.04. The van der Waals surface area contributed by atoms with E-state index in [9.17, 15) is 0 Å². The van der Waals surface area contributed by atoms with Gasteiger partial charge in [0.05, 0.1) is 11.2 Å². The molecule has 1 N–H and O–H groups in total. The molecule has 0 unspecified atom stereocenters. The van der Waals surface area contributed by atoms with Gasteiger partial charge in [0.2, 0.25) is 0 Å². The van der Waals surface area contributed by atoms with E-state index in [2.05, 4.69) is 40.4 Å². The summed E-state index contributed by atoms with van der Waals surface area (Å²) in [7, 11) is 0. The number of hydrogen-bond donors (Lipinski definition) is 1. The Kier molecular flexibility index (Phi) is 1.83. The van der Waals surface area contributed by atoms with Crippen LogP contribution in [0, 0.1) is 0 Å². The quantitative estimate of drug-likeness (QED) is 0.536. The Labute approximate surface area is 104 Å². The van der Waals surface area contributed by atoms with Gasteiger partial charge in [-0.2, -0.15) is 0 Å². The van der Waals surface area contributed by atoms with Crippen LogP contribution in [0.4, 0.5) is 0 Å². The Balaban J connectivity index is 2.04. The van der Waals surface area contributed by atoms with Crippen LogP contribution >= 0.6 is 0 Å². The smallest absolute Gasteiger partial charge is 0.137 e. The standard InChI is InChI=1S/C15H11N3/c1-2-9-18-10-13(17-14(18)6-1)12-5-3-4-11-7-8-16-15(11)12/h1-10,16H. The third-order valence-corrected chi connectivity index (χ3v) is 3.23. The minimum absolute atomic E-state index is 0.969. The zero-order valence-corrected chi connectivity index (χ0v) is 9.67. The number of fused-ring (bicyclic) bond motifs is 2. The fourth-order valence-electron chi connectivity index (χ4n) is 2.36. The molecule has 0 atom stereocenters. The largest absolute Gasteiger partial charge is 0.361 e. The first-order valence-electron chi connectivity index (χ1n) is 5.92. The molecule has 0 aliphatic carbocycles. The van der Waals surface area contributed by atoms with Crippen LogP contribution in [0.2, 0.25) is 0 Å². The van der Waals surface area contributed by atoms with Crippen molar-refractivity contribution in [1.29, 1.82) is 0 Å². The summed E-state index contributed by atoms with van der Waals surface area (Å²) in [4.78, 5) is 7.94. The number of rotatable bonds is 1. The molecule has 0 bridgehead atoms. The highest BCUT2D eigenvalue weighted by molar-refractivity contribution is 5.93. The minimum Gasteiger partial charge on any atom is -0.361 e. The third-order valence-electron chi connectivity index (χ3n) is 3.23. The summed E-state index contributed by atoms with van der Waals surface area (Å²) in [6.45, 7) is 0. The second-order valence-electron chi connectivity index (χ2n) is 4.34. The van der Waals surface area contributed by atoms with Crippen LogP contribution in [0.1, 0.15) is 0 Å². The summed E-state index contributed by atoms with van der Waals surface area (Å²) in [6, 6.07) is 14.4. The van der Waals surface area contributed by atoms with Gasteiger partial charge in [0, 0.05) is 29.5 Å². The van der Waals surface area contributed by atoms with Crippen molar-refractivity contribution in [3.63, 3.8) is 0 Å². The van der Waals surface area contributed by atoms with Crippen molar-refractivity contribution in [3.8, 4) is 11.3 Å². The average Bonchev–Trinajstić information content (AvgIpc) is 3.04. The van der Waals surface area contributed by atoms with Gasteiger partial charge in [0.1, 0.15) is 5.65 Å². The van der Waals surface area contributed by atoms with Crippen molar-refractivity contribution in [2.24, 2.45) is 0 Å². The Morgan fingerprint density at radius 1 is 1.00 bits per heavy atom. The van der Waals surface area contributed by atoms with Crippen molar-refractivity contribution >= 4 is 16.6 Å². The molecule has 0 saturated carbocycles. The molecule has 0 amide bonds. The summed E-state index contributed by atoms with van der Waals surface area (Å²) in [5, 5.41) is 1.21. The first-order valence-corrected chi connectivity index (χ1v) is 5.92. The van der Waals surface area contributed by atoms with Gasteiger partial charge in [-0.05, 0) is 18.2 Å². The highest BCUT2D eigenvalue weighted by atomic mass is 15.0. The molecule has 4 rings (SSSR count). The number of imidazole rings is 1. The molecule has 18 heavy (non-hydrogen) atoms. The molecule has 0 aliphatic heterocycles. The van der Waals surface area contributed by atoms with E-state index in [1.807, 2.05) is 35.0 Å². The normalized spacial score (nSPS) is 11.3. The van der Waals surface area contributed by atoms with Crippen LogP contribution in [-0.2, 0) is 0 Å². The van der Waals surface area contributed by atoms with Gasteiger partial charge in [0.25, 0.3) is 0 Å². The van der Waals surface area contributed by atoms with Crippen LogP contribution in [-0.4, -0.2) is 14.4 Å². The Morgan fingerprint density at radius 3 is 2.94 bits per heavy atom. The molecule has 0 radical (unpaired) electrons. The first-order chi connectivity index (χ1) is 8.92. The van der Waals surface area contributed by atoms with Crippen LogP contribution in [0.5, 0.6) is 0 Å². The van der Waals surface area contributed by atoms with Crippen molar-refractivity contribution < 1.29 is 0 Å². The Hall–Kier alpha value is -2.55. The fourth-order valence-corrected chi connectivity index (χ4v) is 2.36. The molecular weight excluding hydrogens is 222 g/mol. The molecule has 3 heteroatoms. The van der Waals surface area contributed by atoms with E-state index < -0.39 is 0 Å². The number of pyridine rings is 1. The minimum atomic E-state index is 0.969. The van der Waals surface area contributed by atoms with Gasteiger partial charge in [-0.15, -0.1) is 0 Å². The van der Waals surface area contributed by atoms with E-state index in [0.29, 0.717) is 0 Å². The molecule has 0 spiro atoms. The molecule has 86 valence electrons. The second kappa shape index (κ2) is 3.47. The number of nitrogens with zero attached hydrogens (tertiary/aromatic N) is 2. The van der Waals surface area contributed by atoms with Gasteiger partial charge in [-0.25, -0.2) is 4.98 Å². The van der Waals surface area contributed by atoms with Crippen molar-refractivity contribution in [2.75, 3.05) is 0 Å². The lowest BCUT2D eigenvalue weighted by molar-refractivity contribution is 1.19. The zero-order chi connectivity index (χ0) is 11.9. The monoisotopic (exact) mass is 233 g/mol. The van der Waals surface area contributed by atoms with Crippen molar-refractivity contribution in [1.82, 2.24) is 14.4 Å². The number of H-pyrrole nitrogens is 1. The number of para-hydroxylation sites is 1. The summed E-state index contributed by atoms with van der Waals surface area (Å²) >= 11 is 0. The van der Waals surface area contributed by atoms with Crippen LogP contribution in [0.25, 0.3) is 27.8 Å². The van der Waals surface area contributed by atoms with Gasteiger partial charge in [-0.1, -0.05) is 24.3 Å². The third kappa shape index (κ3) is 1.27. The fraction of sp³-hybridized carbons (Fsp3) is 0. The molecule has 3 aromatic heterocycles. The molecule has 3 heterocycles. The van der Waals surface area contributed by atoms with E-state index in [0.717, 1.165) is 22.4 Å². The van der Waals surface area contributed by atoms with Gasteiger partial charge in [0.15, 0.2) is 0 Å². The highest BCUT2D eigenvalue weighted by Gasteiger charge is 2.08. The lowest BCUT2D eigenvalue weighted by Crippen LogP contribution is -1.79. The number of aromatic nitrogens is 3. The summed E-state index contributed by atoms with van der Waals surface area (Å²) in [5.41, 5.74) is 4.24. The maximum atomic E-state index is 4.66. The number of hydrogen-bond acceptors (Lipinski definition) is 1. The zero-order valence-electron chi connectivity index (χ0n) is 9.67. The number of benzene rings is 1. The maximum Gasteiger partial charge on any atom is 0.137 e. The molecular formula is C15H11N3. The topological polar surface area (TPSA) is 33.1 Å². The highest BCUT2D eigenvalue weighted by Crippen LogP contribution is 2.26. The molecule has 0 fully saturated rings. The van der Waals surface area contributed by atoms with E-state index in [-0.39, 0.29) is 0 Å².